The number of nitrogens with zero attached hydrogens (tertiary/aromatic N) is 1. The van der Waals surface area contributed by atoms with E-state index < -0.39 is 5.97 Å². The van der Waals surface area contributed by atoms with E-state index in [0.717, 1.165) is 16.1 Å². The highest BCUT2D eigenvalue weighted by Crippen LogP contribution is 2.24. The zero-order valence-corrected chi connectivity index (χ0v) is 14.3. The van der Waals surface area contributed by atoms with Crippen LogP contribution in [0.25, 0.3) is 10.6 Å². The molecule has 0 bridgehead atoms. The molecular weight excluding hydrogens is 312 g/mol. The summed E-state index contributed by atoms with van der Waals surface area (Å²) in [7, 11) is 0. The molecule has 0 saturated heterocycles. The Balaban J connectivity index is 1.91. The lowest BCUT2D eigenvalue weighted by atomic mass is 10.2. The number of hydrogen-bond acceptors (Lipinski definition) is 5. The van der Waals surface area contributed by atoms with E-state index in [1.54, 1.807) is 5.38 Å². The van der Waals surface area contributed by atoms with Crippen molar-refractivity contribution < 1.29 is 14.3 Å². The molecule has 0 spiro atoms. The number of esters is 1. The second-order valence-electron chi connectivity index (χ2n) is 5.68. The lowest BCUT2D eigenvalue weighted by Crippen LogP contribution is -2.31. The van der Waals surface area contributed by atoms with Crippen LogP contribution in [0.2, 0.25) is 0 Å². The van der Waals surface area contributed by atoms with Crippen LogP contribution in [0.15, 0.2) is 29.6 Å². The number of hydrogen-bond donors (Lipinski definition) is 1. The van der Waals surface area contributed by atoms with Gasteiger partial charge < -0.3 is 10.1 Å². The minimum absolute atomic E-state index is 0.224. The van der Waals surface area contributed by atoms with Gasteiger partial charge in [-0.2, -0.15) is 0 Å². The quantitative estimate of drug-likeness (QED) is 0.826. The second-order valence-corrected chi connectivity index (χ2v) is 6.54. The maximum absolute atomic E-state index is 11.9. The molecule has 0 radical (unpaired) electrons. The van der Waals surface area contributed by atoms with Crippen molar-refractivity contribution in [1.29, 1.82) is 0 Å². The van der Waals surface area contributed by atoms with E-state index in [9.17, 15) is 9.59 Å². The molecule has 1 N–H and O–H groups in total. The summed E-state index contributed by atoms with van der Waals surface area (Å²) in [5.74, 6) is -0.536. The van der Waals surface area contributed by atoms with E-state index in [0.29, 0.717) is 12.5 Å². The van der Waals surface area contributed by atoms with Gasteiger partial charge in [0.1, 0.15) is 5.01 Å². The van der Waals surface area contributed by atoms with Gasteiger partial charge in [-0.3, -0.25) is 4.79 Å². The molecular formula is C17H20N2O3S. The molecule has 0 atom stereocenters. The standard InChI is InChI=1S/C17H20N2O3S/c1-11(2)8-18-15(20)9-22-17(21)14-10-23-16(19-14)13-6-4-12(3)5-7-13/h4-7,10-11H,8-9H2,1-3H3,(H,18,20). The number of rotatable bonds is 6. The SMILES string of the molecule is Cc1ccc(-c2nc(C(=O)OCC(=O)NCC(C)C)cs2)cc1. The Hall–Kier alpha value is -2.21. The Morgan fingerprint density at radius 3 is 2.61 bits per heavy atom. The average molecular weight is 332 g/mol. The van der Waals surface area contributed by atoms with Crippen molar-refractivity contribution in [1.82, 2.24) is 10.3 Å². The van der Waals surface area contributed by atoms with Crippen LogP contribution in [0.3, 0.4) is 0 Å². The zero-order chi connectivity index (χ0) is 16.8. The van der Waals surface area contributed by atoms with Crippen LogP contribution in [0.5, 0.6) is 0 Å². The van der Waals surface area contributed by atoms with Crippen molar-refractivity contribution in [3.8, 4) is 10.6 Å². The van der Waals surface area contributed by atoms with Gasteiger partial charge in [-0.25, -0.2) is 9.78 Å². The van der Waals surface area contributed by atoms with Crippen LogP contribution in [-0.2, 0) is 9.53 Å². The number of aromatic nitrogens is 1. The van der Waals surface area contributed by atoms with E-state index in [1.807, 2.05) is 45.0 Å². The Morgan fingerprint density at radius 2 is 1.96 bits per heavy atom. The van der Waals surface area contributed by atoms with Crippen molar-refractivity contribution in [2.45, 2.75) is 20.8 Å². The van der Waals surface area contributed by atoms with Crippen LogP contribution in [-0.4, -0.2) is 30.0 Å². The van der Waals surface area contributed by atoms with Gasteiger partial charge >= 0.3 is 5.97 Å². The first-order valence-corrected chi connectivity index (χ1v) is 8.30. The number of nitrogens with one attached hydrogen (secondary N) is 1. The molecule has 2 rings (SSSR count). The van der Waals surface area contributed by atoms with Crippen LogP contribution in [0, 0.1) is 12.8 Å². The van der Waals surface area contributed by atoms with E-state index in [-0.39, 0.29) is 18.2 Å². The minimum Gasteiger partial charge on any atom is -0.451 e. The van der Waals surface area contributed by atoms with Gasteiger partial charge in [0, 0.05) is 17.5 Å². The van der Waals surface area contributed by atoms with E-state index >= 15 is 0 Å². The minimum atomic E-state index is -0.584. The molecule has 0 saturated carbocycles. The summed E-state index contributed by atoms with van der Waals surface area (Å²) in [6.45, 7) is 6.27. The summed E-state index contributed by atoms with van der Waals surface area (Å²) >= 11 is 1.37. The summed E-state index contributed by atoms with van der Waals surface area (Å²) in [5, 5.41) is 5.08. The van der Waals surface area contributed by atoms with Crippen LogP contribution in [0.1, 0.15) is 29.9 Å². The molecule has 1 aromatic heterocycles. The summed E-state index contributed by atoms with van der Waals surface area (Å²) in [5.41, 5.74) is 2.34. The molecule has 0 aliphatic rings. The zero-order valence-electron chi connectivity index (χ0n) is 13.5. The van der Waals surface area contributed by atoms with Crippen molar-refractivity contribution in [2.75, 3.05) is 13.2 Å². The number of thiazole rings is 1. The normalized spacial score (nSPS) is 10.6. The maximum atomic E-state index is 11.9. The maximum Gasteiger partial charge on any atom is 0.358 e. The van der Waals surface area contributed by atoms with Gasteiger partial charge in [0.2, 0.25) is 0 Å². The summed E-state index contributed by atoms with van der Waals surface area (Å²) in [6.07, 6.45) is 0. The smallest absolute Gasteiger partial charge is 0.358 e. The van der Waals surface area contributed by atoms with Crippen molar-refractivity contribution in [3.05, 3.63) is 40.9 Å². The Bertz CT molecular complexity index is 677. The molecule has 6 heteroatoms. The lowest BCUT2D eigenvalue weighted by Gasteiger charge is -2.07. The number of amides is 1. The topological polar surface area (TPSA) is 68.3 Å². The third-order valence-electron chi connectivity index (χ3n) is 3.05. The average Bonchev–Trinajstić information content (AvgIpc) is 3.01. The molecule has 2 aromatic rings. The van der Waals surface area contributed by atoms with Crippen molar-refractivity contribution in [2.24, 2.45) is 5.92 Å². The molecule has 1 heterocycles. The van der Waals surface area contributed by atoms with E-state index in [2.05, 4.69) is 10.3 Å². The van der Waals surface area contributed by atoms with Gasteiger partial charge in [0.15, 0.2) is 12.3 Å². The first-order valence-electron chi connectivity index (χ1n) is 7.42. The fourth-order valence-corrected chi connectivity index (χ4v) is 2.57. The number of aryl methyl sites for hydroxylation is 1. The summed E-state index contributed by atoms with van der Waals surface area (Å²) < 4.78 is 4.98. The molecule has 1 amide bonds. The van der Waals surface area contributed by atoms with Crippen molar-refractivity contribution >= 4 is 23.2 Å². The first kappa shape index (κ1) is 17.1. The van der Waals surface area contributed by atoms with Crippen LogP contribution < -0.4 is 5.32 Å². The molecule has 23 heavy (non-hydrogen) atoms. The highest BCUT2D eigenvalue weighted by Gasteiger charge is 2.15. The van der Waals surface area contributed by atoms with Gasteiger partial charge in [-0.05, 0) is 12.8 Å². The molecule has 0 fully saturated rings. The molecule has 1 aromatic carbocycles. The van der Waals surface area contributed by atoms with E-state index in [4.69, 9.17) is 4.74 Å². The fourth-order valence-electron chi connectivity index (χ4n) is 1.77. The highest BCUT2D eigenvalue weighted by molar-refractivity contribution is 7.13. The Kier molecular flexibility index (Phi) is 5.87. The van der Waals surface area contributed by atoms with Crippen molar-refractivity contribution in [3.63, 3.8) is 0 Å². The first-order chi connectivity index (χ1) is 11.0. The molecule has 5 nitrogen and oxygen atoms in total. The number of ether oxygens (including phenoxy) is 1. The van der Waals surface area contributed by atoms with Gasteiger partial charge in [-0.15, -0.1) is 11.3 Å². The third-order valence-corrected chi connectivity index (χ3v) is 3.95. The predicted octanol–water partition coefficient (Wildman–Crippen LogP) is 3.05. The molecule has 0 unspecified atom stereocenters. The summed E-state index contributed by atoms with van der Waals surface area (Å²) in [6, 6.07) is 7.91. The monoisotopic (exact) mass is 332 g/mol. The van der Waals surface area contributed by atoms with Gasteiger partial charge in [0.25, 0.3) is 5.91 Å². The highest BCUT2D eigenvalue weighted by atomic mass is 32.1. The van der Waals surface area contributed by atoms with E-state index in [1.165, 1.54) is 11.3 Å². The van der Waals surface area contributed by atoms with Gasteiger partial charge in [0.05, 0.1) is 0 Å². The Morgan fingerprint density at radius 1 is 1.26 bits per heavy atom. The van der Waals surface area contributed by atoms with Crippen LogP contribution in [0.4, 0.5) is 0 Å². The fraction of sp³-hybridized carbons (Fsp3) is 0.353. The second kappa shape index (κ2) is 7.87. The number of carbonyl (C=O) groups is 2. The number of benzene rings is 1. The van der Waals surface area contributed by atoms with Crippen LogP contribution >= 0.6 is 11.3 Å². The Labute approximate surface area is 139 Å². The lowest BCUT2D eigenvalue weighted by molar-refractivity contribution is -0.124. The molecule has 0 aliphatic heterocycles. The molecule has 122 valence electrons. The largest absolute Gasteiger partial charge is 0.451 e. The third kappa shape index (κ3) is 5.17. The predicted molar refractivity (Wildman–Crippen MR) is 90.4 cm³/mol. The molecule has 0 aliphatic carbocycles. The number of carbonyl (C=O) groups excluding carboxylic acids is 2. The van der Waals surface area contributed by atoms with Gasteiger partial charge in [-0.1, -0.05) is 43.7 Å². The summed E-state index contributed by atoms with van der Waals surface area (Å²) in [4.78, 5) is 27.7.